The van der Waals surface area contributed by atoms with E-state index in [2.05, 4.69) is 5.32 Å². The first-order valence-corrected chi connectivity index (χ1v) is 6.95. The third-order valence-electron chi connectivity index (χ3n) is 2.50. The molecule has 1 amide bonds. The van der Waals surface area contributed by atoms with Crippen molar-refractivity contribution in [3.8, 4) is 0 Å². The summed E-state index contributed by atoms with van der Waals surface area (Å²) in [5, 5.41) is 11.7. The molecule has 0 rings (SSSR count). The maximum Gasteiger partial charge on any atom is 0.236 e. The van der Waals surface area contributed by atoms with Crippen LogP contribution in [0.1, 0.15) is 26.7 Å². The molecule has 0 aliphatic rings. The summed E-state index contributed by atoms with van der Waals surface area (Å²) in [5.41, 5.74) is 5.65. The Kier molecular flexibility index (Phi) is 7.80. The Morgan fingerprint density at radius 2 is 2.19 bits per heavy atom. The second-order valence-corrected chi connectivity index (χ2v) is 5.73. The summed E-state index contributed by atoms with van der Waals surface area (Å²) in [6.07, 6.45) is 3.37. The molecule has 0 heterocycles. The zero-order valence-electron chi connectivity index (χ0n) is 10.5. The Labute approximate surface area is 102 Å². The molecule has 16 heavy (non-hydrogen) atoms. The van der Waals surface area contributed by atoms with E-state index in [1.54, 1.807) is 11.8 Å². The number of aliphatic hydroxyl groups excluding tert-OH is 1. The van der Waals surface area contributed by atoms with Crippen LogP contribution < -0.4 is 11.1 Å². The summed E-state index contributed by atoms with van der Waals surface area (Å²) >= 11 is 1.69. The molecule has 5 heteroatoms. The number of rotatable bonds is 8. The molecular formula is C11H24N2O2S. The van der Waals surface area contributed by atoms with Crippen LogP contribution >= 0.6 is 11.8 Å². The lowest BCUT2D eigenvalue weighted by atomic mass is 9.89. The van der Waals surface area contributed by atoms with Crippen LogP contribution in [-0.2, 0) is 4.79 Å². The molecule has 0 aromatic heterocycles. The van der Waals surface area contributed by atoms with Gasteiger partial charge in [0.05, 0.1) is 6.04 Å². The lowest BCUT2D eigenvalue weighted by Gasteiger charge is -2.24. The molecular weight excluding hydrogens is 224 g/mol. The van der Waals surface area contributed by atoms with Crippen molar-refractivity contribution in [2.45, 2.75) is 32.7 Å². The number of nitrogens with one attached hydrogen (secondary N) is 1. The fourth-order valence-electron chi connectivity index (χ4n) is 1.22. The Balaban J connectivity index is 3.87. The van der Waals surface area contributed by atoms with Crippen molar-refractivity contribution in [3.05, 3.63) is 0 Å². The van der Waals surface area contributed by atoms with Crippen LogP contribution in [0.3, 0.4) is 0 Å². The molecule has 0 saturated heterocycles. The number of amides is 1. The average Bonchev–Trinajstić information content (AvgIpc) is 2.22. The largest absolute Gasteiger partial charge is 0.396 e. The van der Waals surface area contributed by atoms with Gasteiger partial charge < -0.3 is 16.2 Å². The van der Waals surface area contributed by atoms with Gasteiger partial charge in [-0.25, -0.2) is 0 Å². The molecule has 0 unspecified atom stereocenters. The summed E-state index contributed by atoms with van der Waals surface area (Å²) in [5.74, 6) is 0.800. The number of hydrogen-bond donors (Lipinski definition) is 3. The van der Waals surface area contributed by atoms with E-state index in [0.717, 1.165) is 5.75 Å². The highest BCUT2D eigenvalue weighted by molar-refractivity contribution is 7.98. The predicted molar refractivity (Wildman–Crippen MR) is 69.5 cm³/mol. The lowest BCUT2D eigenvalue weighted by Crippen LogP contribution is -2.44. The molecule has 0 saturated carbocycles. The molecule has 0 spiro atoms. The Hall–Kier alpha value is -0.260. The second kappa shape index (κ2) is 7.92. The number of carbonyl (C=O) groups excluding carboxylic acids is 1. The van der Waals surface area contributed by atoms with Crippen molar-refractivity contribution >= 4 is 17.7 Å². The smallest absolute Gasteiger partial charge is 0.236 e. The molecule has 0 aromatic carbocycles. The van der Waals surface area contributed by atoms with Gasteiger partial charge in [0.25, 0.3) is 0 Å². The van der Waals surface area contributed by atoms with Gasteiger partial charge in [-0.05, 0) is 30.3 Å². The fraction of sp³-hybridized carbons (Fsp3) is 0.909. The van der Waals surface area contributed by atoms with E-state index in [1.165, 1.54) is 0 Å². The molecule has 4 N–H and O–H groups in total. The van der Waals surface area contributed by atoms with Crippen molar-refractivity contribution in [2.75, 3.05) is 25.2 Å². The van der Waals surface area contributed by atoms with Gasteiger partial charge in [0.1, 0.15) is 0 Å². The zero-order chi connectivity index (χ0) is 12.6. The van der Waals surface area contributed by atoms with E-state index < -0.39 is 6.04 Å². The lowest BCUT2D eigenvalue weighted by molar-refractivity contribution is -0.122. The Bertz CT molecular complexity index is 210. The van der Waals surface area contributed by atoms with Gasteiger partial charge in [-0.1, -0.05) is 13.8 Å². The van der Waals surface area contributed by atoms with E-state index in [1.807, 2.05) is 20.1 Å². The summed E-state index contributed by atoms with van der Waals surface area (Å²) in [6.45, 7) is 4.72. The van der Waals surface area contributed by atoms with E-state index in [9.17, 15) is 4.79 Å². The Morgan fingerprint density at radius 1 is 1.56 bits per heavy atom. The molecule has 0 fully saturated rings. The standard InChI is InChI=1S/C11H24N2O2S/c1-11(2,5-6-14)8-13-10(15)9(12)4-7-16-3/h9,14H,4-8,12H2,1-3H3,(H,13,15)/t9-/m0/s1. The van der Waals surface area contributed by atoms with Crippen molar-refractivity contribution in [3.63, 3.8) is 0 Å². The number of thioether (sulfide) groups is 1. The van der Waals surface area contributed by atoms with E-state index in [-0.39, 0.29) is 17.9 Å². The van der Waals surface area contributed by atoms with E-state index >= 15 is 0 Å². The Morgan fingerprint density at radius 3 is 2.69 bits per heavy atom. The molecule has 0 aromatic rings. The third kappa shape index (κ3) is 7.09. The molecule has 0 radical (unpaired) electrons. The summed E-state index contributed by atoms with van der Waals surface area (Å²) in [7, 11) is 0. The van der Waals surface area contributed by atoms with Crippen LogP contribution in [0.2, 0.25) is 0 Å². The molecule has 0 aliphatic carbocycles. The highest BCUT2D eigenvalue weighted by Gasteiger charge is 2.20. The van der Waals surface area contributed by atoms with E-state index in [0.29, 0.717) is 19.4 Å². The van der Waals surface area contributed by atoms with E-state index in [4.69, 9.17) is 10.8 Å². The minimum atomic E-state index is -0.419. The fourth-order valence-corrected chi connectivity index (χ4v) is 1.71. The zero-order valence-corrected chi connectivity index (χ0v) is 11.3. The van der Waals surface area contributed by atoms with Crippen molar-refractivity contribution in [2.24, 2.45) is 11.1 Å². The SMILES string of the molecule is CSCC[C@H](N)C(=O)NCC(C)(C)CCO. The second-order valence-electron chi connectivity index (χ2n) is 4.74. The monoisotopic (exact) mass is 248 g/mol. The van der Waals surface area contributed by atoms with Crippen LogP contribution in [0.15, 0.2) is 0 Å². The third-order valence-corrected chi connectivity index (χ3v) is 3.14. The van der Waals surface area contributed by atoms with Gasteiger partial charge in [-0.3, -0.25) is 4.79 Å². The van der Waals surface area contributed by atoms with Crippen molar-refractivity contribution < 1.29 is 9.90 Å². The number of aliphatic hydroxyl groups is 1. The van der Waals surface area contributed by atoms with Crippen molar-refractivity contribution in [1.29, 1.82) is 0 Å². The quantitative estimate of drug-likeness (QED) is 0.588. The highest BCUT2D eigenvalue weighted by Crippen LogP contribution is 2.17. The van der Waals surface area contributed by atoms with Crippen LogP contribution in [0, 0.1) is 5.41 Å². The van der Waals surface area contributed by atoms with Crippen LogP contribution in [0.25, 0.3) is 0 Å². The summed E-state index contributed by atoms with van der Waals surface area (Å²) < 4.78 is 0. The van der Waals surface area contributed by atoms with Gasteiger partial charge in [0, 0.05) is 13.2 Å². The summed E-state index contributed by atoms with van der Waals surface area (Å²) in [6, 6.07) is -0.419. The van der Waals surface area contributed by atoms with Gasteiger partial charge in [0.2, 0.25) is 5.91 Å². The van der Waals surface area contributed by atoms with Crippen molar-refractivity contribution in [1.82, 2.24) is 5.32 Å². The molecule has 0 bridgehead atoms. The maximum absolute atomic E-state index is 11.6. The molecule has 0 aliphatic heterocycles. The normalized spacial score (nSPS) is 13.6. The first-order valence-electron chi connectivity index (χ1n) is 5.56. The maximum atomic E-state index is 11.6. The number of carbonyl (C=O) groups is 1. The van der Waals surface area contributed by atoms with Gasteiger partial charge in [-0.2, -0.15) is 11.8 Å². The van der Waals surface area contributed by atoms with Crippen LogP contribution in [0.4, 0.5) is 0 Å². The first-order chi connectivity index (χ1) is 7.43. The minimum Gasteiger partial charge on any atom is -0.396 e. The minimum absolute atomic E-state index is 0.0797. The highest BCUT2D eigenvalue weighted by atomic mass is 32.2. The van der Waals surface area contributed by atoms with Gasteiger partial charge in [0.15, 0.2) is 0 Å². The first kappa shape index (κ1) is 15.7. The number of hydrogen-bond acceptors (Lipinski definition) is 4. The van der Waals surface area contributed by atoms with Crippen LogP contribution in [0.5, 0.6) is 0 Å². The average molecular weight is 248 g/mol. The summed E-state index contributed by atoms with van der Waals surface area (Å²) in [4.78, 5) is 11.6. The molecule has 4 nitrogen and oxygen atoms in total. The number of nitrogens with two attached hydrogens (primary N) is 1. The van der Waals surface area contributed by atoms with Gasteiger partial charge in [-0.15, -0.1) is 0 Å². The predicted octanol–water partition coefficient (Wildman–Crippen LogP) is 0.592. The molecule has 96 valence electrons. The topological polar surface area (TPSA) is 75.4 Å². The molecule has 1 atom stereocenters. The van der Waals surface area contributed by atoms with Crippen LogP contribution in [-0.4, -0.2) is 42.2 Å². The van der Waals surface area contributed by atoms with Gasteiger partial charge >= 0.3 is 0 Å².